The zero-order chi connectivity index (χ0) is 13.9. The summed E-state index contributed by atoms with van der Waals surface area (Å²) in [6.45, 7) is 6.53. The molecule has 2 heteroatoms. The zero-order valence-corrected chi connectivity index (χ0v) is 12.7. The molecule has 0 amide bonds. The Kier molecular flexibility index (Phi) is 4.32. The van der Waals surface area contributed by atoms with Crippen molar-refractivity contribution < 1.29 is 0 Å². The van der Waals surface area contributed by atoms with E-state index in [1.165, 1.54) is 31.2 Å². The van der Waals surface area contributed by atoms with Crippen molar-refractivity contribution in [3.63, 3.8) is 0 Å². The quantitative estimate of drug-likeness (QED) is 0.899. The minimum absolute atomic E-state index is 0.200. The fraction of sp³-hybridized carbons (Fsp3) is 0.647. The van der Waals surface area contributed by atoms with Gasteiger partial charge < -0.3 is 5.73 Å². The van der Waals surface area contributed by atoms with Crippen LogP contribution in [0.2, 0.25) is 0 Å². The lowest BCUT2D eigenvalue weighted by Gasteiger charge is -2.48. The Labute approximate surface area is 118 Å². The molecule has 1 aliphatic rings. The highest BCUT2D eigenvalue weighted by atomic mass is 15.2. The van der Waals surface area contributed by atoms with Crippen LogP contribution in [0.4, 0.5) is 0 Å². The highest BCUT2D eigenvalue weighted by molar-refractivity contribution is 5.15. The Morgan fingerprint density at radius 3 is 2.16 bits per heavy atom. The van der Waals surface area contributed by atoms with Gasteiger partial charge in [-0.15, -0.1) is 0 Å². The molecule has 1 saturated carbocycles. The van der Waals surface area contributed by atoms with Gasteiger partial charge in [0.25, 0.3) is 0 Å². The van der Waals surface area contributed by atoms with Gasteiger partial charge in [0.2, 0.25) is 0 Å². The second kappa shape index (κ2) is 5.64. The smallest absolute Gasteiger partial charge is 0.0332 e. The summed E-state index contributed by atoms with van der Waals surface area (Å²) >= 11 is 0. The maximum absolute atomic E-state index is 6.14. The van der Waals surface area contributed by atoms with Crippen molar-refractivity contribution in [2.45, 2.75) is 51.6 Å². The maximum atomic E-state index is 6.14. The van der Waals surface area contributed by atoms with Crippen LogP contribution in [-0.2, 0) is 6.54 Å². The molecular formula is C17H28N2. The normalized spacial score (nSPS) is 21.5. The van der Waals surface area contributed by atoms with Crippen LogP contribution in [0.15, 0.2) is 30.3 Å². The standard InChI is InChI=1S/C17H28N2/c1-16(2)9-11-17(14-18,12-10-16)19(3)13-15-7-5-4-6-8-15/h4-8H,9-14,18H2,1-3H3. The van der Waals surface area contributed by atoms with Crippen molar-refractivity contribution in [3.05, 3.63) is 35.9 Å². The number of hydrogen-bond donors (Lipinski definition) is 1. The number of likely N-dealkylation sites (N-methyl/N-ethyl adjacent to an activating group) is 1. The molecule has 0 atom stereocenters. The molecule has 2 N–H and O–H groups in total. The molecule has 1 aromatic carbocycles. The molecule has 1 aromatic rings. The van der Waals surface area contributed by atoms with Gasteiger partial charge in [-0.1, -0.05) is 44.2 Å². The van der Waals surface area contributed by atoms with Crippen LogP contribution in [0.3, 0.4) is 0 Å². The third-order valence-corrected chi connectivity index (χ3v) is 4.99. The van der Waals surface area contributed by atoms with Gasteiger partial charge >= 0.3 is 0 Å². The van der Waals surface area contributed by atoms with Gasteiger partial charge in [-0.3, -0.25) is 4.90 Å². The molecule has 0 aromatic heterocycles. The van der Waals surface area contributed by atoms with Crippen molar-refractivity contribution in [1.29, 1.82) is 0 Å². The van der Waals surface area contributed by atoms with Gasteiger partial charge in [0, 0.05) is 18.6 Å². The number of benzene rings is 1. The van der Waals surface area contributed by atoms with Crippen molar-refractivity contribution in [3.8, 4) is 0 Å². The first kappa shape index (κ1) is 14.5. The van der Waals surface area contributed by atoms with Crippen LogP contribution < -0.4 is 5.73 Å². The van der Waals surface area contributed by atoms with E-state index in [0.29, 0.717) is 5.41 Å². The van der Waals surface area contributed by atoms with E-state index in [-0.39, 0.29) is 5.54 Å². The first-order valence-electron chi connectivity index (χ1n) is 7.43. The summed E-state index contributed by atoms with van der Waals surface area (Å²) in [5, 5.41) is 0. The van der Waals surface area contributed by atoms with Crippen LogP contribution in [0.5, 0.6) is 0 Å². The van der Waals surface area contributed by atoms with E-state index in [1.807, 2.05) is 0 Å². The molecule has 0 heterocycles. The molecule has 1 aliphatic carbocycles. The highest BCUT2D eigenvalue weighted by Crippen LogP contribution is 2.42. The van der Waals surface area contributed by atoms with Crippen LogP contribution in [-0.4, -0.2) is 24.0 Å². The first-order chi connectivity index (χ1) is 8.97. The third kappa shape index (κ3) is 3.37. The molecule has 0 radical (unpaired) electrons. The number of hydrogen-bond acceptors (Lipinski definition) is 2. The van der Waals surface area contributed by atoms with Crippen molar-refractivity contribution >= 4 is 0 Å². The Balaban J connectivity index is 2.05. The van der Waals surface area contributed by atoms with E-state index in [9.17, 15) is 0 Å². The van der Waals surface area contributed by atoms with Crippen LogP contribution in [0, 0.1) is 5.41 Å². The SMILES string of the molecule is CN(Cc1ccccc1)C1(CN)CCC(C)(C)CC1. The molecule has 1 fully saturated rings. The summed E-state index contributed by atoms with van der Waals surface area (Å²) in [5.74, 6) is 0. The lowest BCUT2D eigenvalue weighted by Crippen LogP contribution is -2.54. The molecule has 0 spiro atoms. The van der Waals surface area contributed by atoms with E-state index in [2.05, 4.69) is 56.1 Å². The van der Waals surface area contributed by atoms with Crippen molar-refractivity contribution in [2.24, 2.45) is 11.1 Å². The van der Waals surface area contributed by atoms with E-state index in [1.54, 1.807) is 0 Å². The monoisotopic (exact) mass is 260 g/mol. The summed E-state index contributed by atoms with van der Waals surface area (Å²) in [5.41, 5.74) is 8.21. The van der Waals surface area contributed by atoms with Gasteiger partial charge in [-0.25, -0.2) is 0 Å². The summed E-state index contributed by atoms with van der Waals surface area (Å²) in [4.78, 5) is 2.48. The molecule has 0 unspecified atom stereocenters. The topological polar surface area (TPSA) is 29.3 Å². The molecule has 0 aliphatic heterocycles. The van der Waals surface area contributed by atoms with Crippen LogP contribution in [0.25, 0.3) is 0 Å². The highest BCUT2D eigenvalue weighted by Gasteiger charge is 2.39. The first-order valence-corrected chi connectivity index (χ1v) is 7.43. The minimum atomic E-state index is 0.200. The Morgan fingerprint density at radius 1 is 1.05 bits per heavy atom. The summed E-state index contributed by atoms with van der Waals surface area (Å²) in [7, 11) is 2.23. The lowest BCUT2D eigenvalue weighted by atomic mass is 9.68. The maximum Gasteiger partial charge on any atom is 0.0332 e. The Hall–Kier alpha value is -0.860. The molecule has 2 nitrogen and oxygen atoms in total. The van der Waals surface area contributed by atoms with Crippen LogP contribution >= 0.6 is 0 Å². The number of rotatable bonds is 4. The summed E-state index contributed by atoms with van der Waals surface area (Å²) in [6.07, 6.45) is 5.01. The fourth-order valence-electron chi connectivity index (χ4n) is 3.16. The average Bonchev–Trinajstić information content (AvgIpc) is 2.40. The van der Waals surface area contributed by atoms with Gasteiger partial charge in [-0.05, 0) is 43.7 Å². The predicted octanol–water partition coefficient (Wildman–Crippen LogP) is 3.42. The van der Waals surface area contributed by atoms with Crippen LogP contribution in [0.1, 0.15) is 45.1 Å². The molecule has 0 bridgehead atoms. The second-order valence-electron chi connectivity index (χ2n) is 6.93. The lowest BCUT2D eigenvalue weighted by molar-refractivity contribution is 0.0364. The van der Waals surface area contributed by atoms with E-state index in [0.717, 1.165) is 13.1 Å². The third-order valence-electron chi connectivity index (χ3n) is 4.99. The Bertz CT molecular complexity index is 387. The molecule has 2 rings (SSSR count). The summed E-state index contributed by atoms with van der Waals surface area (Å²) in [6, 6.07) is 10.7. The van der Waals surface area contributed by atoms with Gasteiger partial charge in [-0.2, -0.15) is 0 Å². The Morgan fingerprint density at radius 2 is 1.63 bits per heavy atom. The molecule has 0 saturated heterocycles. The molecular weight excluding hydrogens is 232 g/mol. The van der Waals surface area contributed by atoms with E-state index < -0.39 is 0 Å². The number of nitrogens with two attached hydrogens (primary N) is 1. The largest absolute Gasteiger partial charge is 0.329 e. The van der Waals surface area contributed by atoms with E-state index >= 15 is 0 Å². The average molecular weight is 260 g/mol. The van der Waals surface area contributed by atoms with Gasteiger partial charge in [0.05, 0.1) is 0 Å². The van der Waals surface area contributed by atoms with Gasteiger partial charge in [0.15, 0.2) is 0 Å². The fourth-order valence-corrected chi connectivity index (χ4v) is 3.16. The molecule has 19 heavy (non-hydrogen) atoms. The van der Waals surface area contributed by atoms with Crippen molar-refractivity contribution in [2.75, 3.05) is 13.6 Å². The predicted molar refractivity (Wildman–Crippen MR) is 81.9 cm³/mol. The molecule has 106 valence electrons. The minimum Gasteiger partial charge on any atom is -0.329 e. The summed E-state index contributed by atoms with van der Waals surface area (Å²) < 4.78 is 0. The van der Waals surface area contributed by atoms with Gasteiger partial charge in [0.1, 0.15) is 0 Å². The van der Waals surface area contributed by atoms with Crippen molar-refractivity contribution in [1.82, 2.24) is 4.90 Å². The second-order valence-corrected chi connectivity index (χ2v) is 6.93. The van der Waals surface area contributed by atoms with E-state index in [4.69, 9.17) is 5.73 Å². The zero-order valence-electron chi connectivity index (χ0n) is 12.7. The number of nitrogens with zero attached hydrogens (tertiary/aromatic N) is 1.